The Morgan fingerprint density at radius 3 is 2.41 bits per heavy atom. The summed E-state index contributed by atoms with van der Waals surface area (Å²) in [5.41, 5.74) is 2.24. The highest BCUT2D eigenvalue weighted by molar-refractivity contribution is 7.80. The predicted octanol–water partition coefficient (Wildman–Crippen LogP) is 4.95. The van der Waals surface area contributed by atoms with Gasteiger partial charge in [-0.3, -0.25) is 0 Å². The molecule has 32 heavy (non-hydrogen) atoms. The lowest BCUT2D eigenvalue weighted by Crippen LogP contribution is -2.29. The summed E-state index contributed by atoms with van der Waals surface area (Å²) in [5, 5.41) is 34.7. The molecular formula is C25H25FN2O3S. The van der Waals surface area contributed by atoms with E-state index < -0.39 is 6.10 Å². The molecule has 3 atom stereocenters. The van der Waals surface area contributed by atoms with E-state index in [-0.39, 0.29) is 29.4 Å². The number of aromatic hydroxyl groups is 2. The van der Waals surface area contributed by atoms with Crippen molar-refractivity contribution in [3.63, 3.8) is 0 Å². The molecule has 0 saturated carbocycles. The number of aliphatic hydroxyl groups is 1. The quantitative estimate of drug-likeness (QED) is 0.380. The van der Waals surface area contributed by atoms with E-state index in [1.165, 1.54) is 18.2 Å². The Morgan fingerprint density at radius 1 is 1.00 bits per heavy atom. The first-order valence-corrected chi connectivity index (χ1v) is 10.9. The van der Waals surface area contributed by atoms with Crippen molar-refractivity contribution in [1.29, 1.82) is 0 Å². The fourth-order valence-corrected chi connectivity index (χ4v) is 4.60. The first-order chi connectivity index (χ1) is 15.4. The molecule has 5 nitrogen and oxygen atoms in total. The third-order valence-electron chi connectivity index (χ3n) is 5.80. The van der Waals surface area contributed by atoms with Crippen LogP contribution in [0.1, 0.15) is 42.5 Å². The standard InChI is InChI=1S/C25H25FN2O3S/c26-17-11-9-16(10-12-17)22(30)8-4-7-21-24(20-14-13-19(29)15-23(20)31)28(25(32)27-21)18-5-2-1-3-6-18/h1-3,5-6,9-15,21-22,24,29-31H,4,7-8H2,(H,27,32)/t21-,22-,24-/m1/s1. The summed E-state index contributed by atoms with van der Waals surface area (Å²) >= 11 is 5.64. The van der Waals surface area contributed by atoms with Gasteiger partial charge in [-0.25, -0.2) is 4.39 Å². The van der Waals surface area contributed by atoms with Gasteiger partial charge in [0.1, 0.15) is 17.3 Å². The number of hydrogen-bond acceptors (Lipinski definition) is 4. The van der Waals surface area contributed by atoms with Crippen LogP contribution in [0.2, 0.25) is 0 Å². The van der Waals surface area contributed by atoms with E-state index in [0.29, 0.717) is 35.5 Å². The summed E-state index contributed by atoms with van der Waals surface area (Å²) in [5.74, 6) is -0.342. The van der Waals surface area contributed by atoms with E-state index in [1.807, 2.05) is 35.2 Å². The smallest absolute Gasteiger partial charge is 0.174 e. The lowest BCUT2D eigenvalue weighted by atomic mass is 9.93. The molecule has 4 N–H and O–H groups in total. The second-order valence-electron chi connectivity index (χ2n) is 7.95. The summed E-state index contributed by atoms with van der Waals surface area (Å²) < 4.78 is 13.1. The van der Waals surface area contributed by atoms with Gasteiger partial charge in [0.2, 0.25) is 0 Å². The van der Waals surface area contributed by atoms with Crippen molar-refractivity contribution in [2.24, 2.45) is 0 Å². The molecule has 0 unspecified atom stereocenters. The lowest BCUT2D eigenvalue weighted by molar-refractivity contribution is 0.162. The zero-order valence-corrected chi connectivity index (χ0v) is 18.2. The number of aliphatic hydroxyl groups excluding tert-OH is 1. The molecule has 1 aliphatic heterocycles. The Labute approximate surface area is 191 Å². The third-order valence-corrected chi connectivity index (χ3v) is 6.12. The van der Waals surface area contributed by atoms with Gasteiger partial charge in [0, 0.05) is 17.3 Å². The molecule has 7 heteroatoms. The normalized spacial score (nSPS) is 19.1. The largest absolute Gasteiger partial charge is 0.508 e. The van der Waals surface area contributed by atoms with Crippen LogP contribution in [0, 0.1) is 5.82 Å². The molecule has 1 saturated heterocycles. The van der Waals surface area contributed by atoms with Crippen LogP contribution in [0.4, 0.5) is 10.1 Å². The zero-order valence-electron chi connectivity index (χ0n) is 17.4. The van der Waals surface area contributed by atoms with Gasteiger partial charge in [-0.15, -0.1) is 0 Å². The van der Waals surface area contributed by atoms with Crippen LogP contribution in [-0.4, -0.2) is 26.5 Å². The van der Waals surface area contributed by atoms with Crippen LogP contribution >= 0.6 is 12.2 Å². The molecule has 0 amide bonds. The number of phenolic OH excluding ortho intramolecular Hbond substituents is 2. The van der Waals surface area contributed by atoms with Gasteiger partial charge >= 0.3 is 0 Å². The molecule has 3 aromatic carbocycles. The van der Waals surface area contributed by atoms with Crippen LogP contribution in [0.25, 0.3) is 0 Å². The van der Waals surface area contributed by atoms with E-state index in [1.54, 1.807) is 24.3 Å². The Hall–Kier alpha value is -3.16. The number of halogens is 1. The first-order valence-electron chi connectivity index (χ1n) is 10.5. The molecule has 0 spiro atoms. The van der Waals surface area contributed by atoms with E-state index in [4.69, 9.17) is 12.2 Å². The van der Waals surface area contributed by atoms with Crippen LogP contribution in [0.3, 0.4) is 0 Å². The van der Waals surface area contributed by atoms with Gasteiger partial charge in [-0.05, 0) is 73.4 Å². The van der Waals surface area contributed by atoms with Gasteiger partial charge < -0.3 is 25.5 Å². The monoisotopic (exact) mass is 452 g/mol. The molecule has 0 radical (unpaired) electrons. The SMILES string of the molecule is Oc1ccc([C@@H]2[C@@H](CCC[C@@H](O)c3ccc(F)cc3)NC(=S)N2c2ccccc2)c(O)c1. The van der Waals surface area contributed by atoms with E-state index >= 15 is 0 Å². The second-order valence-corrected chi connectivity index (χ2v) is 8.33. The number of para-hydroxylation sites is 1. The highest BCUT2D eigenvalue weighted by Gasteiger charge is 2.40. The summed E-state index contributed by atoms with van der Waals surface area (Å²) in [6.45, 7) is 0. The van der Waals surface area contributed by atoms with Crippen molar-refractivity contribution in [1.82, 2.24) is 5.32 Å². The van der Waals surface area contributed by atoms with Crippen molar-refractivity contribution in [3.05, 3.63) is 89.7 Å². The van der Waals surface area contributed by atoms with Crippen molar-refractivity contribution >= 4 is 23.0 Å². The Kier molecular flexibility index (Phi) is 6.58. The maximum Gasteiger partial charge on any atom is 0.174 e. The van der Waals surface area contributed by atoms with Crippen molar-refractivity contribution in [2.45, 2.75) is 37.5 Å². The Balaban J connectivity index is 1.54. The summed E-state index contributed by atoms with van der Waals surface area (Å²) in [6, 6.07) is 19.8. The first kappa shape index (κ1) is 22.0. The van der Waals surface area contributed by atoms with E-state index in [2.05, 4.69) is 5.32 Å². The molecule has 1 heterocycles. The third kappa shape index (κ3) is 4.69. The zero-order chi connectivity index (χ0) is 22.7. The maximum absolute atomic E-state index is 13.1. The molecule has 0 aromatic heterocycles. The predicted molar refractivity (Wildman–Crippen MR) is 126 cm³/mol. The molecule has 4 rings (SSSR count). The topological polar surface area (TPSA) is 76.0 Å². The summed E-state index contributed by atoms with van der Waals surface area (Å²) in [4.78, 5) is 1.97. The Morgan fingerprint density at radius 2 is 1.72 bits per heavy atom. The Bertz CT molecular complexity index is 1080. The fraction of sp³-hybridized carbons (Fsp3) is 0.240. The number of thiocarbonyl (C=S) groups is 1. The molecule has 1 aliphatic rings. The number of anilines is 1. The van der Waals surface area contributed by atoms with E-state index in [0.717, 1.165) is 5.69 Å². The average Bonchev–Trinajstić information content (AvgIpc) is 3.10. The lowest BCUT2D eigenvalue weighted by Gasteiger charge is -2.29. The number of nitrogens with zero attached hydrogens (tertiary/aromatic N) is 1. The van der Waals surface area contributed by atoms with Gasteiger partial charge in [0.15, 0.2) is 5.11 Å². The number of hydrogen-bond donors (Lipinski definition) is 4. The van der Waals surface area contributed by atoms with Crippen LogP contribution in [0.15, 0.2) is 72.8 Å². The van der Waals surface area contributed by atoms with Gasteiger partial charge in [-0.2, -0.15) is 0 Å². The average molecular weight is 453 g/mol. The number of benzene rings is 3. The molecule has 3 aromatic rings. The molecule has 0 bridgehead atoms. The minimum absolute atomic E-state index is 0.00113. The molecule has 1 fully saturated rings. The van der Waals surface area contributed by atoms with Crippen LogP contribution in [-0.2, 0) is 0 Å². The van der Waals surface area contributed by atoms with Crippen molar-refractivity contribution in [2.75, 3.05) is 4.90 Å². The van der Waals surface area contributed by atoms with Gasteiger partial charge in [0.25, 0.3) is 0 Å². The second kappa shape index (κ2) is 9.54. The molecule has 166 valence electrons. The number of rotatable bonds is 7. The molecule has 0 aliphatic carbocycles. The maximum atomic E-state index is 13.1. The van der Waals surface area contributed by atoms with Crippen molar-refractivity contribution in [3.8, 4) is 11.5 Å². The van der Waals surface area contributed by atoms with Crippen LogP contribution in [0.5, 0.6) is 11.5 Å². The van der Waals surface area contributed by atoms with Crippen LogP contribution < -0.4 is 10.2 Å². The highest BCUT2D eigenvalue weighted by Crippen LogP contribution is 2.41. The molecular weight excluding hydrogens is 427 g/mol. The van der Waals surface area contributed by atoms with Crippen molar-refractivity contribution < 1.29 is 19.7 Å². The minimum Gasteiger partial charge on any atom is -0.508 e. The highest BCUT2D eigenvalue weighted by atomic mass is 32.1. The summed E-state index contributed by atoms with van der Waals surface area (Å²) in [7, 11) is 0. The summed E-state index contributed by atoms with van der Waals surface area (Å²) in [6.07, 6.45) is 1.20. The minimum atomic E-state index is -0.685. The van der Waals surface area contributed by atoms with Gasteiger partial charge in [-0.1, -0.05) is 30.3 Å². The number of phenols is 2. The van der Waals surface area contributed by atoms with E-state index in [9.17, 15) is 19.7 Å². The number of nitrogens with one attached hydrogen (secondary N) is 1. The van der Waals surface area contributed by atoms with Gasteiger partial charge in [0.05, 0.1) is 18.2 Å². The fourth-order valence-electron chi connectivity index (χ4n) is 4.23.